The molecule has 0 radical (unpaired) electrons. The molecule has 0 heterocycles. The second-order valence-corrected chi connectivity index (χ2v) is 4.84. The zero-order chi connectivity index (χ0) is 9.47. The Morgan fingerprint density at radius 1 is 1.54 bits per heavy atom. The summed E-state index contributed by atoms with van der Waals surface area (Å²) >= 11 is 0. The minimum Gasteiger partial charge on any atom is -0.0991 e. The van der Waals surface area contributed by atoms with Crippen LogP contribution in [0.3, 0.4) is 0 Å². The minimum absolute atomic E-state index is 0.551. The van der Waals surface area contributed by atoms with E-state index in [2.05, 4.69) is 38.7 Å². The van der Waals surface area contributed by atoms with Gasteiger partial charge >= 0.3 is 0 Å². The molecule has 1 fully saturated rings. The van der Waals surface area contributed by atoms with Crippen LogP contribution in [-0.2, 0) is 0 Å². The van der Waals surface area contributed by atoms with Crippen LogP contribution in [0.25, 0.3) is 0 Å². The van der Waals surface area contributed by atoms with Crippen LogP contribution in [-0.4, -0.2) is 0 Å². The van der Waals surface area contributed by atoms with Crippen molar-refractivity contribution >= 4 is 0 Å². The van der Waals surface area contributed by atoms with Crippen molar-refractivity contribution in [2.45, 2.75) is 26.7 Å². The van der Waals surface area contributed by atoms with E-state index in [1.165, 1.54) is 18.4 Å². The van der Waals surface area contributed by atoms with Gasteiger partial charge in [-0.15, -0.1) is 0 Å². The van der Waals surface area contributed by atoms with E-state index in [4.69, 9.17) is 0 Å². The summed E-state index contributed by atoms with van der Waals surface area (Å²) in [5.74, 6) is 1.75. The number of allylic oxidation sites excluding steroid dienone is 5. The predicted octanol–water partition coefficient (Wildman–Crippen LogP) is 3.72. The standard InChI is InChI=1S/C13H18/c1-4-5-6-10-7-8-11-9-12(10)13(11,2)3/h4-7,11-12H,1,8-9H2,2-3H3/b6-5+/t11-,12-/m0/s1. The fourth-order valence-electron chi connectivity index (χ4n) is 2.77. The van der Waals surface area contributed by atoms with Crippen molar-refractivity contribution in [3.05, 3.63) is 36.5 Å². The first-order valence-corrected chi connectivity index (χ1v) is 5.15. The van der Waals surface area contributed by atoms with E-state index < -0.39 is 0 Å². The molecule has 1 saturated carbocycles. The van der Waals surface area contributed by atoms with Crippen molar-refractivity contribution in [1.29, 1.82) is 0 Å². The van der Waals surface area contributed by atoms with Crippen molar-refractivity contribution in [2.24, 2.45) is 17.3 Å². The molecule has 0 aliphatic heterocycles. The fourth-order valence-corrected chi connectivity index (χ4v) is 2.77. The van der Waals surface area contributed by atoms with Crippen LogP contribution in [0.5, 0.6) is 0 Å². The summed E-state index contributed by atoms with van der Waals surface area (Å²) in [6.45, 7) is 8.51. The van der Waals surface area contributed by atoms with E-state index >= 15 is 0 Å². The lowest BCUT2D eigenvalue weighted by atomic mass is 9.49. The van der Waals surface area contributed by atoms with Crippen molar-refractivity contribution in [1.82, 2.24) is 0 Å². The normalized spacial score (nSPS) is 35.4. The lowest BCUT2D eigenvalue weighted by Gasteiger charge is -2.56. The molecule has 0 amide bonds. The van der Waals surface area contributed by atoms with Gasteiger partial charge in [0.25, 0.3) is 0 Å². The van der Waals surface area contributed by atoms with Crippen LogP contribution >= 0.6 is 0 Å². The minimum atomic E-state index is 0.551. The Labute approximate surface area is 81.0 Å². The van der Waals surface area contributed by atoms with Crippen LogP contribution < -0.4 is 0 Å². The summed E-state index contributed by atoms with van der Waals surface area (Å²) < 4.78 is 0. The van der Waals surface area contributed by atoms with Gasteiger partial charge in [0.05, 0.1) is 0 Å². The Balaban J connectivity index is 2.18. The summed E-state index contributed by atoms with van der Waals surface area (Å²) in [6, 6.07) is 0. The molecule has 70 valence electrons. The average molecular weight is 174 g/mol. The molecule has 3 aliphatic carbocycles. The molecule has 3 rings (SSSR count). The molecule has 0 aromatic carbocycles. The molecule has 0 unspecified atom stereocenters. The maximum absolute atomic E-state index is 3.71. The quantitative estimate of drug-likeness (QED) is 0.560. The molecule has 0 saturated heterocycles. The maximum atomic E-state index is 3.71. The third-order valence-electron chi connectivity index (χ3n) is 3.94. The van der Waals surface area contributed by atoms with Crippen molar-refractivity contribution < 1.29 is 0 Å². The first-order chi connectivity index (χ1) is 6.16. The van der Waals surface area contributed by atoms with Gasteiger partial charge in [0, 0.05) is 0 Å². The van der Waals surface area contributed by atoms with Crippen LogP contribution in [0, 0.1) is 17.3 Å². The summed E-state index contributed by atoms with van der Waals surface area (Å²) in [4.78, 5) is 0. The van der Waals surface area contributed by atoms with E-state index in [1.807, 2.05) is 6.08 Å². The van der Waals surface area contributed by atoms with Gasteiger partial charge in [-0.05, 0) is 35.7 Å². The van der Waals surface area contributed by atoms with Gasteiger partial charge in [-0.3, -0.25) is 0 Å². The van der Waals surface area contributed by atoms with Gasteiger partial charge in [0.2, 0.25) is 0 Å². The highest BCUT2D eigenvalue weighted by Gasteiger charge is 2.50. The van der Waals surface area contributed by atoms with E-state index in [1.54, 1.807) is 0 Å². The molecule has 2 bridgehead atoms. The smallest absolute Gasteiger partial charge is 0.0108 e. The molecular formula is C13H18. The number of hydrogen-bond acceptors (Lipinski definition) is 0. The average Bonchev–Trinajstić information content (AvgIpc) is 2.14. The molecule has 0 nitrogen and oxygen atoms in total. The molecule has 2 atom stereocenters. The van der Waals surface area contributed by atoms with Crippen LogP contribution in [0.15, 0.2) is 36.5 Å². The van der Waals surface area contributed by atoms with E-state index in [9.17, 15) is 0 Å². The number of rotatable bonds is 2. The van der Waals surface area contributed by atoms with Crippen molar-refractivity contribution in [2.75, 3.05) is 0 Å². The molecular weight excluding hydrogens is 156 g/mol. The summed E-state index contributed by atoms with van der Waals surface area (Å²) in [5, 5.41) is 0. The number of fused-ring (bicyclic) bond motifs is 1. The predicted molar refractivity (Wildman–Crippen MR) is 57.4 cm³/mol. The Hall–Kier alpha value is -0.780. The highest BCUT2D eigenvalue weighted by molar-refractivity contribution is 5.32. The molecule has 0 aromatic rings. The number of hydrogen-bond donors (Lipinski definition) is 0. The van der Waals surface area contributed by atoms with Gasteiger partial charge in [0.15, 0.2) is 0 Å². The first-order valence-electron chi connectivity index (χ1n) is 5.15. The van der Waals surface area contributed by atoms with Gasteiger partial charge in [0.1, 0.15) is 0 Å². The largest absolute Gasteiger partial charge is 0.0991 e. The van der Waals surface area contributed by atoms with E-state index in [-0.39, 0.29) is 0 Å². The Morgan fingerprint density at radius 3 is 2.85 bits per heavy atom. The summed E-state index contributed by atoms with van der Waals surface area (Å²) in [7, 11) is 0. The SMILES string of the molecule is C=C/C=C/C1=CC[C@H]2C[C@@H]1C2(C)C. The second kappa shape index (κ2) is 2.87. The highest BCUT2D eigenvalue weighted by atomic mass is 14.5. The third kappa shape index (κ3) is 1.20. The third-order valence-corrected chi connectivity index (χ3v) is 3.94. The van der Waals surface area contributed by atoms with Crippen LogP contribution in [0.2, 0.25) is 0 Å². The van der Waals surface area contributed by atoms with E-state index in [0.717, 1.165) is 11.8 Å². The van der Waals surface area contributed by atoms with Crippen LogP contribution in [0.1, 0.15) is 26.7 Å². The van der Waals surface area contributed by atoms with Gasteiger partial charge < -0.3 is 0 Å². The van der Waals surface area contributed by atoms with Crippen molar-refractivity contribution in [3.63, 3.8) is 0 Å². The van der Waals surface area contributed by atoms with E-state index in [0.29, 0.717) is 5.41 Å². The lowest BCUT2D eigenvalue weighted by Crippen LogP contribution is -2.47. The molecule has 0 N–H and O–H groups in total. The van der Waals surface area contributed by atoms with Gasteiger partial charge in [-0.2, -0.15) is 0 Å². The topological polar surface area (TPSA) is 0 Å². The van der Waals surface area contributed by atoms with Gasteiger partial charge in [-0.25, -0.2) is 0 Å². The first kappa shape index (κ1) is 8.80. The molecule has 3 aliphatic rings. The lowest BCUT2D eigenvalue weighted by molar-refractivity contribution is -0.00328. The Morgan fingerprint density at radius 2 is 2.31 bits per heavy atom. The molecule has 0 heteroatoms. The molecule has 13 heavy (non-hydrogen) atoms. The monoisotopic (exact) mass is 174 g/mol. The second-order valence-electron chi connectivity index (χ2n) is 4.84. The van der Waals surface area contributed by atoms with Crippen molar-refractivity contribution in [3.8, 4) is 0 Å². The zero-order valence-corrected chi connectivity index (χ0v) is 8.59. The summed E-state index contributed by atoms with van der Waals surface area (Å²) in [6.07, 6.45) is 11.2. The maximum Gasteiger partial charge on any atom is -0.0108 e. The molecule has 0 spiro atoms. The van der Waals surface area contributed by atoms with Gasteiger partial charge in [-0.1, -0.05) is 44.7 Å². The zero-order valence-electron chi connectivity index (χ0n) is 8.59. The molecule has 0 aromatic heterocycles. The highest BCUT2D eigenvalue weighted by Crippen LogP contribution is 2.59. The Kier molecular flexibility index (Phi) is 1.94. The summed E-state index contributed by atoms with van der Waals surface area (Å²) in [5.41, 5.74) is 2.09. The fraction of sp³-hybridized carbons (Fsp3) is 0.538. The van der Waals surface area contributed by atoms with Crippen LogP contribution in [0.4, 0.5) is 0 Å². The Bertz CT molecular complexity index is 278.